The number of aryl methyl sites for hydroxylation is 1. The van der Waals surface area contributed by atoms with Gasteiger partial charge in [0.1, 0.15) is 17.4 Å². The van der Waals surface area contributed by atoms with Crippen molar-refractivity contribution in [2.45, 2.75) is 46.1 Å². The number of nitrogens with zero attached hydrogens (tertiary/aromatic N) is 3. The molecule has 2 aromatic carbocycles. The molecule has 3 aromatic rings. The number of aromatic hydroxyl groups is 1. The first-order valence-electron chi connectivity index (χ1n) is 11.7. The van der Waals surface area contributed by atoms with Crippen LogP contribution in [0.2, 0.25) is 0 Å². The Kier molecular flexibility index (Phi) is 6.86. The Bertz CT molecular complexity index is 1180. The minimum absolute atomic E-state index is 0.0223. The minimum atomic E-state index is -1.01. The Labute approximate surface area is 198 Å². The second kappa shape index (κ2) is 9.83. The van der Waals surface area contributed by atoms with Crippen LogP contribution in [0.25, 0.3) is 22.3 Å². The van der Waals surface area contributed by atoms with Crippen LogP contribution in [-0.4, -0.2) is 45.4 Å². The van der Waals surface area contributed by atoms with E-state index in [0.29, 0.717) is 23.8 Å². The number of nitrogens with one attached hydrogen (secondary N) is 1. The summed E-state index contributed by atoms with van der Waals surface area (Å²) in [5.74, 6) is 0.479. The van der Waals surface area contributed by atoms with Crippen LogP contribution in [0.4, 0.5) is 15.0 Å². The van der Waals surface area contributed by atoms with Crippen LogP contribution < -0.4 is 10.2 Å². The lowest BCUT2D eigenvalue weighted by Gasteiger charge is -2.38. The van der Waals surface area contributed by atoms with Gasteiger partial charge in [-0.15, -0.1) is 0 Å². The van der Waals surface area contributed by atoms with Gasteiger partial charge < -0.3 is 20.4 Å². The first-order chi connectivity index (χ1) is 16.2. The quantitative estimate of drug-likeness (QED) is 0.453. The van der Waals surface area contributed by atoms with E-state index in [4.69, 9.17) is 4.98 Å². The smallest absolute Gasteiger partial charge is 0.404 e. The zero-order valence-electron chi connectivity index (χ0n) is 19.8. The molecule has 1 amide bonds. The fourth-order valence-corrected chi connectivity index (χ4v) is 4.88. The number of rotatable bonds is 6. The van der Waals surface area contributed by atoms with Crippen molar-refractivity contribution in [1.82, 2.24) is 15.3 Å². The van der Waals surface area contributed by atoms with E-state index in [9.17, 15) is 19.4 Å². The standard InChI is InChI=1S/C26H31FN4O3/c1-15(2)12-20(29-26(33)34)17-6-5-11-31(14-17)25-18-10-9-16(3)13-21(18)28-24(30-25)23-19(27)7-4-8-22(23)32/h4,7-10,13,15,17,20,29,32H,5-6,11-12,14H2,1-3H3,(H,33,34). The molecule has 0 bridgehead atoms. The molecule has 2 heterocycles. The number of aromatic nitrogens is 2. The molecule has 1 fully saturated rings. The molecule has 7 nitrogen and oxygen atoms in total. The molecule has 1 aromatic heterocycles. The van der Waals surface area contributed by atoms with Gasteiger partial charge in [0, 0.05) is 24.5 Å². The van der Waals surface area contributed by atoms with Gasteiger partial charge in [-0.3, -0.25) is 0 Å². The summed E-state index contributed by atoms with van der Waals surface area (Å²) in [4.78, 5) is 22.9. The molecule has 1 aliphatic rings. The molecule has 180 valence electrons. The van der Waals surface area contributed by atoms with Crippen molar-refractivity contribution in [3.05, 3.63) is 47.8 Å². The molecule has 3 N–H and O–H groups in total. The Morgan fingerprint density at radius 1 is 1.26 bits per heavy atom. The predicted octanol–water partition coefficient (Wildman–Crippen LogP) is 5.35. The fraction of sp³-hybridized carbons (Fsp3) is 0.423. The Morgan fingerprint density at radius 2 is 2.06 bits per heavy atom. The molecule has 0 spiro atoms. The maximum absolute atomic E-state index is 14.7. The Morgan fingerprint density at radius 3 is 2.76 bits per heavy atom. The van der Waals surface area contributed by atoms with Crippen LogP contribution in [0.3, 0.4) is 0 Å². The van der Waals surface area contributed by atoms with Gasteiger partial charge in [0.25, 0.3) is 0 Å². The fourth-order valence-electron chi connectivity index (χ4n) is 4.88. The number of fused-ring (bicyclic) bond motifs is 1. The Hall–Kier alpha value is -3.42. The summed E-state index contributed by atoms with van der Waals surface area (Å²) in [5.41, 5.74) is 1.66. The van der Waals surface area contributed by atoms with E-state index >= 15 is 0 Å². The highest BCUT2D eigenvalue weighted by atomic mass is 19.1. The molecule has 0 radical (unpaired) electrons. The van der Waals surface area contributed by atoms with E-state index in [1.165, 1.54) is 18.2 Å². The molecule has 1 saturated heterocycles. The van der Waals surface area contributed by atoms with Gasteiger partial charge in [-0.05, 0) is 67.9 Å². The highest BCUT2D eigenvalue weighted by Gasteiger charge is 2.31. The highest BCUT2D eigenvalue weighted by molar-refractivity contribution is 5.92. The second-order valence-corrected chi connectivity index (χ2v) is 9.56. The summed E-state index contributed by atoms with van der Waals surface area (Å²) in [6.45, 7) is 7.52. The van der Waals surface area contributed by atoms with Crippen molar-refractivity contribution in [1.29, 1.82) is 0 Å². The predicted molar refractivity (Wildman–Crippen MR) is 131 cm³/mol. The van der Waals surface area contributed by atoms with E-state index in [1.807, 2.05) is 25.1 Å². The van der Waals surface area contributed by atoms with E-state index in [-0.39, 0.29) is 29.1 Å². The number of carboxylic acid groups (broad SMARTS) is 1. The first-order valence-corrected chi connectivity index (χ1v) is 11.7. The van der Waals surface area contributed by atoms with Gasteiger partial charge in [0.2, 0.25) is 0 Å². The van der Waals surface area contributed by atoms with Crippen molar-refractivity contribution >= 4 is 22.8 Å². The lowest BCUT2D eigenvalue weighted by atomic mass is 9.86. The first kappa shape index (κ1) is 23.7. The van der Waals surface area contributed by atoms with Crippen molar-refractivity contribution in [2.75, 3.05) is 18.0 Å². The summed E-state index contributed by atoms with van der Waals surface area (Å²) in [6, 6.07) is 9.87. The third-order valence-electron chi connectivity index (χ3n) is 6.41. The van der Waals surface area contributed by atoms with E-state index in [0.717, 1.165) is 36.8 Å². The molecular formula is C26H31FN4O3. The van der Waals surface area contributed by atoms with Crippen molar-refractivity contribution in [3.8, 4) is 17.1 Å². The number of amides is 1. The normalized spacial score (nSPS) is 17.2. The molecule has 8 heteroatoms. The number of halogens is 1. The molecular weight excluding hydrogens is 435 g/mol. The lowest BCUT2D eigenvalue weighted by Crippen LogP contribution is -2.48. The molecule has 2 unspecified atom stereocenters. The summed E-state index contributed by atoms with van der Waals surface area (Å²) in [5, 5.41) is 23.3. The topological polar surface area (TPSA) is 98.6 Å². The highest BCUT2D eigenvalue weighted by Crippen LogP contribution is 2.35. The number of anilines is 1. The molecule has 4 rings (SSSR count). The summed E-state index contributed by atoms with van der Waals surface area (Å²) >= 11 is 0. The number of benzene rings is 2. The molecule has 0 saturated carbocycles. The number of hydrogen-bond acceptors (Lipinski definition) is 5. The minimum Gasteiger partial charge on any atom is -0.507 e. The van der Waals surface area contributed by atoms with E-state index in [1.54, 1.807) is 0 Å². The maximum atomic E-state index is 14.7. The van der Waals surface area contributed by atoms with Crippen LogP contribution >= 0.6 is 0 Å². The average Bonchev–Trinajstić information content (AvgIpc) is 2.77. The average molecular weight is 467 g/mol. The monoisotopic (exact) mass is 466 g/mol. The number of hydrogen-bond donors (Lipinski definition) is 3. The summed E-state index contributed by atoms with van der Waals surface area (Å²) in [7, 11) is 0. The largest absolute Gasteiger partial charge is 0.507 e. The SMILES string of the molecule is Cc1ccc2c(N3CCCC(C(CC(C)C)NC(=O)O)C3)nc(-c3c(O)cccc3F)nc2c1. The molecule has 1 aliphatic heterocycles. The van der Waals surface area contributed by atoms with Crippen molar-refractivity contribution < 1.29 is 19.4 Å². The zero-order valence-corrected chi connectivity index (χ0v) is 19.8. The Balaban J connectivity index is 1.77. The van der Waals surface area contributed by atoms with Crippen molar-refractivity contribution in [2.24, 2.45) is 11.8 Å². The van der Waals surface area contributed by atoms with Crippen LogP contribution in [0.15, 0.2) is 36.4 Å². The van der Waals surface area contributed by atoms with E-state index < -0.39 is 11.9 Å². The van der Waals surface area contributed by atoms with E-state index in [2.05, 4.69) is 29.0 Å². The number of piperidine rings is 1. The van der Waals surface area contributed by atoms with Gasteiger partial charge in [-0.2, -0.15) is 0 Å². The molecule has 0 aliphatic carbocycles. The van der Waals surface area contributed by atoms with Gasteiger partial charge in [0.05, 0.1) is 11.1 Å². The van der Waals surface area contributed by atoms with Crippen LogP contribution in [0.5, 0.6) is 5.75 Å². The van der Waals surface area contributed by atoms with Crippen LogP contribution in [0, 0.1) is 24.6 Å². The van der Waals surface area contributed by atoms with Gasteiger partial charge >= 0.3 is 6.09 Å². The van der Waals surface area contributed by atoms with Crippen LogP contribution in [0.1, 0.15) is 38.7 Å². The second-order valence-electron chi connectivity index (χ2n) is 9.56. The zero-order chi connectivity index (χ0) is 24.4. The third-order valence-corrected chi connectivity index (χ3v) is 6.41. The number of phenolic OH excluding ortho intramolecular Hbond substituents is 1. The third kappa shape index (κ3) is 5.05. The summed E-state index contributed by atoms with van der Waals surface area (Å²) < 4.78 is 14.7. The summed E-state index contributed by atoms with van der Waals surface area (Å²) in [6.07, 6.45) is 1.54. The van der Waals surface area contributed by atoms with Gasteiger partial charge in [-0.1, -0.05) is 26.0 Å². The lowest BCUT2D eigenvalue weighted by molar-refractivity contribution is 0.177. The van der Waals surface area contributed by atoms with Gasteiger partial charge in [0.15, 0.2) is 5.82 Å². The number of phenols is 1. The van der Waals surface area contributed by atoms with Gasteiger partial charge in [-0.25, -0.2) is 19.2 Å². The molecule has 2 atom stereocenters. The van der Waals surface area contributed by atoms with Crippen molar-refractivity contribution in [3.63, 3.8) is 0 Å². The molecule has 34 heavy (non-hydrogen) atoms. The number of carbonyl (C=O) groups is 1. The van der Waals surface area contributed by atoms with Crippen LogP contribution in [-0.2, 0) is 0 Å². The maximum Gasteiger partial charge on any atom is 0.404 e.